The molecule has 6 nitrogen and oxygen atoms in total. The number of hydrogen-bond acceptors (Lipinski definition) is 4. The van der Waals surface area contributed by atoms with Crippen molar-refractivity contribution in [1.29, 1.82) is 0 Å². The van der Waals surface area contributed by atoms with Crippen LogP contribution < -0.4 is 11.2 Å². The van der Waals surface area contributed by atoms with Crippen LogP contribution in [0.4, 0.5) is 5.69 Å². The average Bonchev–Trinajstić information content (AvgIpc) is 2.40. The van der Waals surface area contributed by atoms with Crippen molar-refractivity contribution in [3.63, 3.8) is 0 Å². The minimum Gasteiger partial charge on any atom is -0.397 e. The first kappa shape index (κ1) is 18.9. The Balaban J connectivity index is 0.00000110. The Morgan fingerprint density at radius 2 is 2.00 bits per heavy atom. The van der Waals surface area contributed by atoms with Gasteiger partial charge in [0.15, 0.2) is 0 Å². The molecule has 8 heteroatoms. The van der Waals surface area contributed by atoms with E-state index in [1.807, 2.05) is 0 Å². The summed E-state index contributed by atoms with van der Waals surface area (Å²) in [4.78, 5) is 22.4. The molecule has 3 N–H and O–H groups in total. The fraction of sp³-hybridized carbons (Fsp3) is 0.333. The Bertz CT molecular complexity index is 470. The lowest BCUT2D eigenvalue weighted by Gasteiger charge is -2.20. The third kappa shape index (κ3) is 5.48. The predicted molar refractivity (Wildman–Crippen MR) is 85.1 cm³/mol. The number of nitrogens with one attached hydrogen (secondary N) is 1. The maximum atomic E-state index is 12.1. The molecule has 0 aliphatic heterocycles. The molecule has 1 aromatic rings. The van der Waals surface area contributed by atoms with E-state index in [-0.39, 0.29) is 5.91 Å². The van der Waals surface area contributed by atoms with Crippen LogP contribution in [0, 0.1) is 0 Å². The Labute approximate surface area is 134 Å². The SMILES string of the molecule is CCN(NC=O)C(=O)c1cc(Br)cc(Br)c1N.COC. The molecule has 20 heavy (non-hydrogen) atoms. The number of halogens is 2. The van der Waals surface area contributed by atoms with Gasteiger partial charge in [0.25, 0.3) is 5.91 Å². The van der Waals surface area contributed by atoms with Crippen LogP contribution in [0.15, 0.2) is 21.1 Å². The summed E-state index contributed by atoms with van der Waals surface area (Å²) in [6, 6.07) is 3.35. The van der Waals surface area contributed by atoms with Crippen LogP contribution in [0.3, 0.4) is 0 Å². The van der Waals surface area contributed by atoms with E-state index in [0.717, 1.165) is 4.47 Å². The van der Waals surface area contributed by atoms with Crippen molar-refractivity contribution < 1.29 is 14.3 Å². The molecule has 0 radical (unpaired) electrons. The molecular formula is C12H17Br2N3O3. The van der Waals surface area contributed by atoms with Crippen molar-refractivity contribution in [2.24, 2.45) is 0 Å². The number of hydrazine groups is 1. The lowest BCUT2D eigenvalue weighted by atomic mass is 10.1. The number of hydrogen-bond donors (Lipinski definition) is 2. The van der Waals surface area contributed by atoms with Gasteiger partial charge in [0.05, 0.1) is 11.3 Å². The zero-order valence-corrected chi connectivity index (χ0v) is 14.6. The highest BCUT2D eigenvalue weighted by Crippen LogP contribution is 2.28. The first-order chi connectivity index (χ1) is 9.42. The average molecular weight is 411 g/mol. The van der Waals surface area contributed by atoms with Crippen LogP contribution in [-0.4, -0.2) is 38.1 Å². The van der Waals surface area contributed by atoms with Crippen LogP contribution in [0.25, 0.3) is 0 Å². The second kappa shape index (κ2) is 9.73. The molecule has 1 rings (SSSR count). The van der Waals surface area contributed by atoms with Gasteiger partial charge in [0.1, 0.15) is 0 Å². The largest absolute Gasteiger partial charge is 0.397 e. The van der Waals surface area contributed by atoms with Gasteiger partial charge >= 0.3 is 0 Å². The second-order valence-corrected chi connectivity index (χ2v) is 5.32. The highest BCUT2D eigenvalue weighted by molar-refractivity contribution is 9.11. The van der Waals surface area contributed by atoms with Crippen LogP contribution in [0.5, 0.6) is 0 Å². The van der Waals surface area contributed by atoms with Gasteiger partial charge in [0, 0.05) is 29.7 Å². The topological polar surface area (TPSA) is 84.7 Å². The van der Waals surface area contributed by atoms with Gasteiger partial charge in [-0.3, -0.25) is 20.0 Å². The molecule has 0 atom stereocenters. The molecule has 1 aromatic carbocycles. The van der Waals surface area contributed by atoms with Crippen molar-refractivity contribution in [2.75, 3.05) is 26.5 Å². The maximum absolute atomic E-state index is 12.1. The third-order valence-corrected chi connectivity index (χ3v) is 3.21. The molecular weight excluding hydrogens is 394 g/mol. The van der Waals surface area contributed by atoms with Crippen molar-refractivity contribution >= 4 is 49.9 Å². The summed E-state index contributed by atoms with van der Waals surface area (Å²) >= 11 is 6.54. The van der Waals surface area contributed by atoms with Crippen molar-refractivity contribution in [3.8, 4) is 0 Å². The van der Waals surface area contributed by atoms with Crippen LogP contribution in [0.2, 0.25) is 0 Å². The molecule has 2 amide bonds. The molecule has 0 heterocycles. The van der Waals surface area contributed by atoms with Gasteiger partial charge < -0.3 is 10.5 Å². The molecule has 0 fully saturated rings. The molecule has 0 saturated heterocycles. The standard InChI is InChI=1S/C10H11Br2N3O2.C2H6O/c1-2-15(14-5-16)10(17)7-3-6(11)4-8(12)9(7)13;1-3-2/h3-5H,2,13H2,1H3,(H,14,16);1-2H3. The Morgan fingerprint density at radius 1 is 1.45 bits per heavy atom. The smallest absolute Gasteiger partial charge is 0.274 e. The number of anilines is 1. The highest BCUT2D eigenvalue weighted by Gasteiger charge is 2.18. The van der Waals surface area contributed by atoms with Gasteiger partial charge in [0.2, 0.25) is 6.41 Å². The summed E-state index contributed by atoms with van der Waals surface area (Å²) in [5.74, 6) is -0.362. The lowest BCUT2D eigenvalue weighted by molar-refractivity contribution is -0.112. The van der Waals surface area contributed by atoms with Gasteiger partial charge in [-0.15, -0.1) is 0 Å². The molecule has 0 unspecified atom stereocenters. The summed E-state index contributed by atoms with van der Waals surface area (Å²) in [5.41, 5.74) is 8.78. The lowest BCUT2D eigenvalue weighted by Crippen LogP contribution is -2.42. The number of ether oxygens (including phenoxy) is 1. The molecule has 0 bridgehead atoms. The van der Waals surface area contributed by atoms with E-state index in [2.05, 4.69) is 42.0 Å². The molecule has 112 valence electrons. The van der Waals surface area contributed by atoms with Crippen molar-refractivity contribution in [1.82, 2.24) is 10.4 Å². The number of nitrogens with zero attached hydrogens (tertiary/aromatic N) is 1. The predicted octanol–water partition coefficient (Wildman–Crippen LogP) is 2.18. The fourth-order valence-corrected chi connectivity index (χ4v) is 2.49. The number of benzene rings is 1. The second-order valence-electron chi connectivity index (χ2n) is 3.55. The van der Waals surface area contributed by atoms with E-state index in [9.17, 15) is 9.59 Å². The van der Waals surface area contributed by atoms with Gasteiger partial charge in [-0.2, -0.15) is 0 Å². The zero-order valence-electron chi connectivity index (χ0n) is 11.4. The molecule has 0 aromatic heterocycles. The van der Waals surface area contributed by atoms with Crippen molar-refractivity contribution in [3.05, 3.63) is 26.6 Å². The van der Waals surface area contributed by atoms with Gasteiger partial charge in [-0.25, -0.2) is 0 Å². The third-order valence-electron chi connectivity index (χ3n) is 2.09. The fourth-order valence-electron chi connectivity index (χ4n) is 1.26. The Kier molecular flexibility index (Phi) is 9.19. The zero-order chi connectivity index (χ0) is 15.7. The summed E-state index contributed by atoms with van der Waals surface area (Å²) in [6.45, 7) is 2.10. The summed E-state index contributed by atoms with van der Waals surface area (Å²) < 4.78 is 5.60. The van der Waals surface area contributed by atoms with Crippen LogP contribution >= 0.6 is 31.9 Å². The van der Waals surface area contributed by atoms with Crippen LogP contribution in [0.1, 0.15) is 17.3 Å². The molecule has 0 saturated carbocycles. The first-order valence-electron chi connectivity index (χ1n) is 5.59. The van der Waals surface area contributed by atoms with E-state index in [1.54, 1.807) is 33.3 Å². The van der Waals surface area contributed by atoms with E-state index >= 15 is 0 Å². The number of methoxy groups -OCH3 is 1. The van der Waals surface area contributed by atoms with Crippen molar-refractivity contribution in [2.45, 2.75) is 6.92 Å². The van der Waals surface area contributed by atoms with Crippen LogP contribution in [-0.2, 0) is 9.53 Å². The monoisotopic (exact) mass is 409 g/mol. The minimum absolute atomic E-state index is 0.322. The Morgan fingerprint density at radius 3 is 2.45 bits per heavy atom. The molecule has 0 spiro atoms. The minimum atomic E-state index is -0.362. The van der Waals surface area contributed by atoms with E-state index in [0.29, 0.717) is 28.7 Å². The van der Waals surface area contributed by atoms with E-state index in [1.165, 1.54) is 5.01 Å². The number of nitrogens with two attached hydrogens (primary N) is 1. The van der Waals surface area contributed by atoms with E-state index < -0.39 is 0 Å². The highest BCUT2D eigenvalue weighted by atomic mass is 79.9. The Hall–Kier alpha value is -1.12. The summed E-state index contributed by atoms with van der Waals surface area (Å²) in [5, 5.41) is 1.18. The molecule has 0 aliphatic rings. The number of carbonyl (C=O) groups is 2. The summed E-state index contributed by atoms with van der Waals surface area (Å²) in [7, 11) is 3.25. The number of carbonyl (C=O) groups excluding carboxylic acids is 2. The number of amides is 2. The number of rotatable bonds is 4. The normalized spacial score (nSPS) is 9.25. The van der Waals surface area contributed by atoms with Gasteiger partial charge in [-0.1, -0.05) is 15.9 Å². The number of nitrogen functional groups attached to an aromatic ring is 1. The first-order valence-corrected chi connectivity index (χ1v) is 7.17. The summed E-state index contributed by atoms with van der Waals surface area (Å²) in [6.07, 6.45) is 0.449. The van der Waals surface area contributed by atoms with E-state index in [4.69, 9.17) is 5.73 Å². The van der Waals surface area contributed by atoms with Gasteiger partial charge in [-0.05, 0) is 35.0 Å². The quantitative estimate of drug-likeness (QED) is 0.452. The molecule has 0 aliphatic carbocycles. The maximum Gasteiger partial charge on any atom is 0.274 e.